The topological polar surface area (TPSA) is 52.6 Å². The van der Waals surface area contributed by atoms with E-state index in [1.54, 1.807) is 36.4 Å². The van der Waals surface area contributed by atoms with Gasteiger partial charge in [-0.1, -0.05) is 45.9 Å². The average Bonchev–Trinajstić information content (AvgIpc) is 2.65. The molecule has 0 aliphatic rings. The van der Waals surface area contributed by atoms with Crippen LogP contribution < -0.4 is 14.8 Å². The summed E-state index contributed by atoms with van der Waals surface area (Å²) in [6.45, 7) is 8.66. The van der Waals surface area contributed by atoms with Gasteiger partial charge < -0.3 is 9.47 Å². The molecule has 0 aromatic heterocycles. The second kappa shape index (κ2) is 9.34. The van der Waals surface area contributed by atoms with E-state index in [-0.39, 0.29) is 11.2 Å². The first kappa shape index (κ1) is 22.1. The lowest BCUT2D eigenvalue weighted by molar-refractivity contribution is 0.103. The summed E-state index contributed by atoms with van der Waals surface area (Å²) in [4.78, 5) is 13.4. The number of ether oxygens (including phenoxy) is 2. The van der Waals surface area contributed by atoms with E-state index in [2.05, 4.69) is 27.7 Å². The molecule has 0 N–H and O–H groups in total. The third-order valence-electron chi connectivity index (χ3n) is 4.51. The molecule has 2 aromatic carbocycles. The van der Waals surface area contributed by atoms with E-state index in [0.717, 1.165) is 6.42 Å². The van der Waals surface area contributed by atoms with Gasteiger partial charge in [-0.05, 0) is 42.0 Å². The second-order valence-electron chi connectivity index (χ2n) is 8.31. The molecule has 0 aliphatic carbocycles. The van der Waals surface area contributed by atoms with Crippen molar-refractivity contribution in [2.75, 3.05) is 20.4 Å². The Bertz CT molecular complexity index is 830. The number of ketones is 1. The summed E-state index contributed by atoms with van der Waals surface area (Å²) in [5, 5.41) is 0.594. The first-order valence-corrected chi connectivity index (χ1v) is 10.9. The Balaban J connectivity index is 2.39. The Morgan fingerprint density at radius 1 is 1.00 bits per heavy atom. The normalized spacial score (nSPS) is 13.0. The van der Waals surface area contributed by atoms with Crippen LogP contribution >= 0.6 is 7.80 Å². The molecule has 2 rings (SSSR count). The molecule has 28 heavy (non-hydrogen) atoms. The van der Waals surface area contributed by atoms with Crippen LogP contribution in [-0.4, -0.2) is 26.2 Å². The minimum Gasteiger partial charge on any atom is -0.496 e. The number of benzene rings is 2. The number of carbonyl (C=O) groups excluding carboxylic acids is 1. The molecule has 5 heteroatoms. The van der Waals surface area contributed by atoms with Gasteiger partial charge in [-0.2, -0.15) is 0 Å². The van der Waals surface area contributed by atoms with Crippen molar-refractivity contribution in [1.29, 1.82) is 0 Å². The summed E-state index contributed by atoms with van der Waals surface area (Å²) in [7, 11) is 1.35. The number of hydrogen-bond donors (Lipinski definition) is 0. The molecule has 2 atom stereocenters. The third kappa shape index (κ3) is 5.42. The van der Waals surface area contributed by atoms with Crippen molar-refractivity contribution in [1.82, 2.24) is 0 Å². The number of rotatable bonds is 8. The molecular weight excluding hydrogens is 371 g/mol. The van der Waals surface area contributed by atoms with Crippen molar-refractivity contribution in [3.8, 4) is 11.5 Å². The van der Waals surface area contributed by atoms with Crippen molar-refractivity contribution < 1.29 is 18.8 Å². The van der Waals surface area contributed by atoms with Gasteiger partial charge in [0.25, 0.3) is 0 Å². The predicted molar refractivity (Wildman–Crippen MR) is 115 cm³/mol. The maximum Gasteiger partial charge on any atom is 0.201 e. The highest BCUT2D eigenvalue weighted by molar-refractivity contribution is 7.53. The number of methoxy groups -OCH3 is 2. The Kier molecular flexibility index (Phi) is 7.37. The molecule has 2 aromatic rings. The Labute approximate surface area is 169 Å². The van der Waals surface area contributed by atoms with Gasteiger partial charge in [-0.15, -0.1) is 0 Å². The van der Waals surface area contributed by atoms with Gasteiger partial charge in [0.1, 0.15) is 24.9 Å². The van der Waals surface area contributed by atoms with E-state index in [9.17, 15) is 9.36 Å². The molecular formula is C23H30O4P. The van der Waals surface area contributed by atoms with Crippen molar-refractivity contribution in [2.45, 2.75) is 34.1 Å². The minimum atomic E-state index is -1.69. The van der Waals surface area contributed by atoms with Crippen molar-refractivity contribution in [3.05, 3.63) is 53.6 Å². The molecule has 2 unspecified atom stereocenters. The van der Waals surface area contributed by atoms with E-state index in [1.165, 1.54) is 14.2 Å². The second-order valence-corrected chi connectivity index (χ2v) is 9.92. The first-order valence-electron chi connectivity index (χ1n) is 9.47. The zero-order valence-corrected chi connectivity index (χ0v) is 18.5. The zero-order chi connectivity index (χ0) is 20.9. The number of hydrogen-bond acceptors (Lipinski definition) is 4. The SMILES string of the molecule is COc1cccc(OC)c1C(=O)c1ccccc1[P](=O)CC(C)CC(C)(C)C. The standard InChI is InChI=1S/C23H30O4P/c1-16(14-23(2,3)4)15-28(25)20-13-8-7-10-17(20)22(24)21-18(26-5)11-9-12-19(21)27-6/h7-13,16H,14-15H2,1-6H3. The highest BCUT2D eigenvalue weighted by atomic mass is 31.1. The van der Waals surface area contributed by atoms with E-state index < -0.39 is 7.80 Å². The Morgan fingerprint density at radius 2 is 1.57 bits per heavy atom. The van der Waals surface area contributed by atoms with Crippen molar-refractivity contribution in [2.24, 2.45) is 11.3 Å². The maximum atomic E-state index is 13.4. The fraction of sp³-hybridized carbons (Fsp3) is 0.435. The molecule has 0 bridgehead atoms. The van der Waals surface area contributed by atoms with Crippen LogP contribution in [0.2, 0.25) is 0 Å². The monoisotopic (exact) mass is 401 g/mol. The maximum absolute atomic E-state index is 13.4. The van der Waals surface area contributed by atoms with E-state index in [1.807, 2.05) is 6.07 Å². The smallest absolute Gasteiger partial charge is 0.201 e. The lowest BCUT2D eigenvalue weighted by Gasteiger charge is -2.23. The van der Waals surface area contributed by atoms with Crippen LogP contribution in [0.5, 0.6) is 11.5 Å². The van der Waals surface area contributed by atoms with Crippen LogP contribution in [0.3, 0.4) is 0 Å². The molecule has 0 saturated carbocycles. The molecule has 1 radical (unpaired) electrons. The predicted octanol–water partition coefficient (Wildman–Crippen LogP) is 5.46. The summed E-state index contributed by atoms with van der Waals surface area (Å²) in [6.07, 6.45) is 1.53. The Morgan fingerprint density at radius 3 is 2.11 bits per heavy atom. The van der Waals surface area contributed by atoms with E-state index >= 15 is 0 Å². The van der Waals surface area contributed by atoms with Gasteiger partial charge in [0.05, 0.1) is 14.2 Å². The fourth-order valence-corrected chi connectivity index (χ4v) is 5.17. The van der Waals surface area contributed by atoms with Crippen LogP contribution in [0, 0.1) is 11.3 Å². The van der Waals surface area contributed by atoms with Crippen LogP contribution in [0.1, 0.15) is 50.0 Å². The molecule has 0 amide bonds. The number of carbonyl (C=O) groups is 1. The summed E-state index contributed by atoms with van der Waals surface area (Å²) in [5.74, 6) is 0.940. The van der Waals surface area contributed by atoms with Gasteiger partial charge in [-0.25, -0.2) is 0 Å². The fourth-order valence-electron chi connectivity index (χ4n) is 3.58. The van der Waals surface area contributed by atoms with Crippen LogP contribution in [0.15, 0.2) is 42.5 Å². The van der Waals surface area contributed by atoms with E-state index in [0.29, 0.717) is 40.0 Å². The first-order chi connectivity index (χ1) is 13.2. The quantitative estimate of drug-likeness (QED) is 0.435. The van der Waals surface area contributed by atoms with Gasteiger partial charge in [0.15, 0.2) is 0 Å². The minimum absolute atomic E-state index is 0.176. The summed E-state index contributed by atoms with van der Waals surface area (Å²) < 4.78 is 23.9. The van der Waals surface area contributed by atoms with Crippen molar-refractivity contribution >= 4 is 18.9 Å². The molecule has 0 saturated heterocycles. The molecule has 151 valence electrons. The van der Waals surface area contributed by atoms with Crippen molar-refractivity contribution in [3.63, 3.8) is 0 Å². The molecule has 0 aliphatic heterocycles. The molecule has 0 heterocycles. The van der Waals surface area contributed by atoms with Crippen LogP contribution in [0.4, 0.5) is 0 Å². The van der Waals surface area contributed by atoms with Gasteiger partial charge >= 0.3 is 0 Å². The lowest BCUT2D eigenvalue weighted by atomic mass is 9.86. The summed E-state index contributed by atoms with van der Waals surface area (Å²) in [6, 6.07) is 12.4. The lowest BCUT2D eigenvalue weighted by Crippen LogP contribution is -2.18. The van der Waals surface area contributed by atoms with Crippen LogP contribution in [-0.2, 0) is 4.57 Å². The van der Waals surface area contributed by atoms with Crippen LogP contribution in [0.25, 0.3) is 0 Å². The van der Waals surface area contributed by atoms with E-state index in [4.69, 9.17) is 9.47 Å². The summed E-state index contributed by atoms with van der Waals surface area (Å²) >= 11 is 0. The largest absolute Gasteiger partial charge is 0.496 e. The Hall–Kier alpha value is -2.19. The van der Waals surface area contributed by atoms with Gasteiger partial charge in [0, 0.05) is 17.0 Å². The molecule has 0 fully saturated rings. The molecule has 0 spiro atoms. The highest BCUT2D eigenvalue weighted by Crippen LogP contribution is 2.34. The molecule has 4 nitrogen and oxygen atoms in total. The average molecular weight is 401 g/mol. The van der Waals surface area contributed by atoms with Gasteiger partial charge in [0.2, 0.25) is 5.78 Å². The zero-order valence-electron chi connectivity index (χ0n) is 17.6. The third-order valence-corrected chi connectivity index (χ3v) is 6.39. The highest BCUT2D eigenvalue weighted by Gasteiger charge is 2.25. The van der Waals surface area contributed by atoms with Gasteiger partial charge in [-0.3, -0.25) is 9.36 Å². The summed E-state index contributed by atoms with van der Waals surface area (Å²) in [5.41, 5.74) is 0.968.